The summed E-state index contributed by atoms with van der Waals surface area (Å²) in [6.07, 6.45) is 1.57. The van der Waals surface area contributed by atoms with E-state index in [0.29, 0.717) is 0 Å². The lowest BCUT2D eigenvalue weighted by molar-refractivity contribution is -0.222. The van der Waals surface area contributed by atoms with Crippen molar-refractivity contribution in [1.82, 2.24) is 9.80 Å². The first kappa shape index (κ1) is 17.6. The average Bonchev–Trinajstić information content (AvgIpc) is 2.53. The van der Waals surface area contributed by atoms with Gasteiger partial charge in [-0.05, 0) is 24.3 Å². The van der Waals surface area contributed by atoms with Crippen LogP contribution in [0, 0.1) is 0 Å². The van der Waals surface area contributed by atoms with Crippen LogP contribution >= 0.6 is 0 Å². The monoisotopic (exact) mass is 344 g/mol. The molecule has 2 aliphatic rings. The van der Waals surface area contributed by atoms with Crippen LogP contribution in [0.5, 0.6) is 0 Å². The number of hydrogen-bond acceptors (Lipinski definition) is 6. The topological polar surface area (TPSA) is 59.1 Å². The van der Waals surface area contributed by atoms with Crippen LogP contribution in [0.25, 0.3) is 6.08 Å². The molecule has 0 unspecified atom stereocenters. The number of esters is 2. The number of benzene rings is 1. The molecule has 3 rings (SSSR count). The number of nitrogens with zero attached hydrogens (tertiary/aromatic N) is 2. The Morgan fingerprint density at radius 2 is 1.64 bits per heavy atom. The molecule has 0 bridgehead atoms. The molecule has 2 saturated heterocycles. The SMILES string of the molecule is CN1CCN(Cc2ccccc2C=C2C(=O)OC(C)(C)OC2=O)CC1. The number of likely N-dealkylation sites (N-methyl/N-ethyl adjacent to an activating group) is 1. The maximum absolute atomic E-state index is 12.2. The third-order valence-corrected chi connectivity index (χ3v) is 4.46. The predicted molar refractivity (Wildman–Crippen MR) is 93.5 cm³/mol. The van der Waals surface area contributed by atoms with Crippen LogP contribution in [-0.4, -0.2) is 60.8 Å². The van der Waals surface area contributed by atoms with Crippen molar-refractivity contribution in [2.45, 2.75) is 26.2 Å². The molecule has 0 aliphatic carbocycles. The third kappa shape index (κ3) is 4.27. The number of piperazine rings is 1. The summed E-state index contributed by atoms with van der Waals surface area (Å²) in [5, 5.41) is 0. The largest absolute Gasteiger partial charge is 0.419 e. The van der Waals surface area contributed by atoms with Crippen molar-refractivity contribution < 1.29 is 19.1 Å². The van der Waals surface area contributed by atoms with Crippen molar-refractivity contribution in [3.8, 4) is 0 Å². The zero-order valence-electron chi connectivity index (χ0n) is 14.9. The van der Waals surface area contributed by atoms with Gasteiger partial charge in [0.1, 0.15) is 5.57 Å². The minimum atomic E-state index is -1.22. The second kappa shape index (κ2) is 6.98. The Morgan fingerprint density at radius 3 is 2.28 bits per heavy atom. The van der Waals surface area contributed by atoms with Crippen molar-refractivity contribution in [1.29, 1.82) is 0 Å². The molecule has 0 aromatic heterocycles. The van der Waals surface area contributed by atoms with E-state index in [1.165, 1.54) is 0 Å². The summed E-state index contributed by atoms with van der Waals surface area (Å²) in [6, 6.07) is 7.78. The van der Waals surface area contributed by atoms with Crippen LogP contribution in [0.15, 0.2) is 29.8 Å². The molecule has 1 aromatic rings. The summed E-state index contributed by atoms with van der Waals surface area (Å²) >= 11 is 0. The van der Waals surface area contributed by atoms with Gasteiger partial charge >= 0.3 is 11.9 Å². The second-order valence-electron chi connectivity index (χ2n) is 7.02. The Morgan fingerprint density at radius 1 is 1.04 bits per heavy atom. The van der Waals surface area contributed by atoms with Crippen LogP contribution in [0.4, 0.5) is 0 Å². The molecule has 2 heterocycles. The van der Waals surface area contributed by atoms with E-state index < -0.39 is 17.7 Å². The van der Waals surface area contributed by atoms with Gasteiger partial charge in [0.15, 0.2) is 0 Å². The highest BCUT2D eigenvalue weighted by Crippen LogP contribution is 2.25. The van der Waals surface area contributed by atoms with E-state index in [9.17, 15) is 9.59 Å². The summed E-state index contributed by atoms with van der Waals surface area (Å²) in [5.74, 6) is -2.50. The highest BCUT2D eigenvalue weighted by Gasteiger charge is 2.38. The third-order valence-electron chi connectivity index (χ3n) is 4.46. The molecule has 6 heteroatoms. The molecule has 2 aliphatic heterocycles. The molecule has 134 valence electrons. The lowest BCUT2D eigenvalue weighted by Gasteiger charge is -2.32. The minimum absolute atomic E-state index is 0.0647. The van der Waals surface area contributed by atoms with E-state index in [0.717, 1.165) is 43.9 Å². The van der Waals surface area contributed by atoms with Crippen molar-refractivity contribution in [2.24, 2.45) is 0 Å². The lowest BCUT2D eigenvalue weighted by Crippen LogP contribution is -2.44. The van der Waals surface area contributed by atoms with Gasteiger partial charge in [-0.1, -0.05) is 24.3 Å². The smallest absolute Gasteiger partial charge is 0.348 e. The average molecular weight is 344 g/mol. The van der Waals surface area contributed by atoms with Gasteiger partial charge in [-0.15, -0.1) is 0 Å². The summed E-state index contributed by atoms with van der Waals surface area (Å²) in [7, 11) is 2.12. The van der Waals surface area contributed by atoms with Crippen LogP contribution < -0.4 is 0 Å². The molecule has 25 heavy (non-hydrogen) atoms. The van der Waals surface area contributed by atoms with E-state index in [-0.39, 0.29) is 5.57 Å². The molecule has 0 atom stereocenters. The highest BCUT2D eigenvalue weighted by atomic mass is 16.7. The Balaban J connectivity index is 1.81. The first-order chi connectivity index (χ1) is 11.8. The van der Waals surface area contributed by atoms with E-state index in [2.05, 4.69) is 16.8 Å². The number of carbonyl (C=O) groups is 2. The van der Waals surface area contributed by atoms with Crippen molar-refractivity contribution in [2.75, 3.05) is 33.2 Å². The van der Waals surface area contributed by atoms with Crippen molar-refractivity contribution >= 4 is 18.0 Å². The van der Waals surface area contributed by atoms with Crippen LogP contribution in [0.3, 0.4) is 0 Å². The van der Waals surface area contributed by atoms with Gasteiger partial charge in [0.05, 0.1) is 0 Å². The normalized spacial score (nSPS) is 21.6. The van der Waals surface area contributed by atoms with Gasteiger partial charge in [-0.25, -0.2) is 9.59 Å². The molecule has 6 nitrogen and oxygen atoms in total. The Hall–Kier alpha value is -2.18. The molecule has 0 amide bonds. The van der Waals surface area contributed by atoms with Gasteiger partial charge < -0.3 is 14.4 Å². The van der Waals surface area contributed by atoms with Crippen LogP contribution in [0.2, 0.25) is 0 Å². The molecular formula is C19H24N2O4. The highest BCUT2D eigenvalue weighted by molar-refractivity contribution is 6.18. The number of ether oxygens (including phenoxy) is 2. The number of cyclic esters (lactones) is 2. The second-order valence-corrected chi connectivity index (χ2v) is 7.02. The molecule has 2 fully saturated rings. The quantitative estimate of drug-likeness (QED) is 0.472. The zero-order valence-corrected chi connectivity index (χ0v) is 14.9. The van der Waals surface area contributed by atoms with Crippen molar-refractivity contribution in [3.63, 3.8) is 0 Å². The van der Waals surface area contributed by atoms with Gasteiger partial charge in [0, 0.05) is 46.6 Å². The maximum Gasteiger partial charge on any atom is 0.348 e. The van der Waals surface area contributed by atoms with Gasteiger partial charge in [0.25, 0.3) is 5.79 Å². The predicted octanol–water partition coefficient (Wildman–Crippen LogP) is 1.65. The van der Waals surface area contributed by atoms with Crippen molar-refractivity contribution in [3.05, 3.63) is 41.0 Å². The number of hydrogen-bond donors (Lipinski definition) is 0. The fraction of sp³-hybridized carbons (Fsp3) is 0.474. The molecule has 1 aromatic carbocycles. The van der Waals surface area contributed by atoms with Gasteiger partial charge in [-0.3, -0.25) is 4.90 Å². The zero-order chi connectivity index (χ0) is 18.0. The van der Waals surface area contributed by atoms with E-state index in [1.54, 1.807) is 19.9 Å². The molecule has 0 saturated carbocycles. The fourth-order valence-electron chi connectivity index (χ4n) is 3.00. The van der Waals surface area contributed by atoms with Gasteiger partial charge in [-0.2, -0.15) is 0 Å². The molecule has 0 spiro atoms. The number of carbonyl (C=O) groups excluding carboxylic acids is 2. The van der Waals surface area contributed by atoms with E-state index in [4.69, 9.17) is 9.47 Å². The fourth-order valence-corrected chi connectivity index (χ4v) is 3.00. The van der Waals surface area contributed by atoms with E-state index >= 15 is 0 Å². The first-order valence-electron chi connectivity index (χ1n) is 8.51. The summed E-state index contributed by atoms with van der Waals surface area (Å²) < 4.78 is 10.3. The molecule has 0 radical (unpaired) electrons. The summed E-state index contributed by atoms with van der Waals surface area (Å²) in [6.45, 7) is 7.94. The summed E-state index contributed by atoms with van der Waals surface area (Å²) in [5.41, 5.74) is 1.85. The molecule has 0 N–H and O–H groups in total. The molecular weight excluding hydrogens is 320 g/mol. The summed E-state index contributed by atoms with van der Waals surface area (Å²) in [4.78, 5) is 29.0. The Kier molecular flexibility index (Phi) is 4.92. The standard InChI is InChI=1S/C19H24N2O4/c1-19(2)24-17(22)16(18(23)25-19)12-14-6-4-5-7-15(14)13-21-10-8-20(3)9-11-21/h4-7,12H,8-11,13H2,1-3H3. The van der Waals surface area contributed by atoms with Crippen LogP contribution in [0.1, 0.15) is 25.0 Å². The minimum Gasteiger partial charge on any atom is -0.419 e. The van der Waals surface area contributed by atoms with E-state index in [1.807, 2.05) is 24.3 Å². The Labute approximate surface area is 148 Å². The Bertz CT molecular complexity index is 681. The first-order valence-corrected chi connectivity index (χ1v) is 8.51. The lowest BCUT2D eigenvalue weighted by atomic mass is 10.0. The van der Waals surface area contributed by atoms with Crippen LogP contribution in [-0.2, 0) is 25.6 Å². The van der Waals surface area contributed by atoms with Gasteiger partial charge in [0.2, 0.25) is 0 Å². The maximum atomic E-state index is 12.2. The number of rotatable bonds is 3.